The number of carbonyl (C=O) groups excluding carboxylic acids is 2. The van der Waals surface area contributed by atoms with E-state index in [-0.39, 0.29) is 18.4 Å². The van der Waals surface area contributed by atoms with Crippen molar-refractivity contribution >= 4 is 11.8 Å². The van der Waals surface area contributed by atoms with Gasteiger partial charge in [0.05, 0.1) is 6.54 Å². The molecule has 8 heteroatoms. The Bertz CT molecular complexity index is 562. The monoisotopic (exact) mass is 322 g/mol. The highest BCUT2D eigenvalue weighted by molar-refractivity contribution is 5.79. The Balaban J connectivity index is 1.35. The zero-order valence-corrected chi connectivity index (χ0v) is 13.3. The van der Waals surface area contributed by atoms with E-state index in [0.29, 0.717) is 50.4 Å². The van der Waals surface area contributed by atoms with Gasteiger partial charge in [0.25, 0.3) is 11.8 Å². The van der Waals surface area contributed by atoms with Crippen LogP contribution in [0.1, 0.15) is 18.6 Å². The molecule has 1 aliphatic carbocycles. The maximum Gasteiger partial charge on any atom is 0.260 e. The maximum absolute atomic E-state index is 12.1. The Hall–Kier alpha value is -2.09. The van der Waals surface area contributed by atoms with Crippen molar-refractivity contribution in [3.63, 3.8) is 0 Å². The van der Waals surface area contributed by atoms with E-state index in [0.717, 1.165) is 12.8 Å². The van der Waals surface area contributed by atoms with Gasteiger partial charge in [0.1, 0.15) is 5.76 Å². The number of carbonyl (C=O) groups is 2. The quantitative estimate of drug-likeness (QED) is 0.779. The number of nitrogens with zero attached hydrogens (tertiary/aromatic N) is 3. The summed E-state index contributed by atoms with van der Waals surface area (Å²) in [6.07, 6.45) is 2.19. The lowest BCUT2D eigenvalue weighted by Crippen LogP contribution is -2.52. The molecule has 2 amide bonds. The minimum absolute atomic E-state index is 0.0475. The minimum atomic E-state index is -0.0762. The molecule has 0 bridgehead atoms. The normalized spacial score (nSPS) is 18.7. The lowest BCUT2D eigenvalue weighted by atomic mass is 10.3. The molecule has 1 saturated heterocycles. The molecule has 0 atom stereocenters. The molecule has 3 rings (SSSR count). The molecular weight excluding hydrogens is 300 g/mol. The van der Waals surface area contributed by atoms with Crippen molar-refractivity contribution in [1.82, 2.24) is 20.3 Å². The third kappa shape index (κ3) is 4.69. The van der Waals surface area contributed by atoms with Gasteiger partial charge in [-0.1, -0.05) is 0 Å². The van der Waals surface area contributed by atoms with E-state index in [9.17, 15) is 9.59 Å². The van der Waals surface area contributed by atoms with Crippen LogP contribution in [0.5, 0.6) is 5.88 Å². The number of piperazine rings is 1. The predicted molar refractivity (Wildman–Crippen MR) is 80.9 cm³/mol. The molecule has 1 aliphatic heterocycles. The molecule has 1 N–H and O–H groups in total. The number of aryl methyl sites for hydroxylation is 1. The first-order valence-electron chi connectivity index (χ1n) is 7.96. The first-order chi connectivity index (χ1) is 11.1. The Morgan fingerprint density at radius 3 is 2.70 bits per heavy atom. The van der Waals surface area contributed by atoms with Crippen LogP contribution >= 0.6 is 0 Å². The van der Waals surface area contributed by atoms with Crippen LogP contribution in [0.3, 0.4) is 0 Å². The summed E-state index contributed by atoms with van der Waals surface area (Å²) in [6, 6.07) is 2.03. The summed E-state index contributed by atoms with van der Waals surface area (Å²) in [7, 11) is 0. The van der Waals surface area contributed by atoms with Crippen molar-refractivity contribution in [3.8, 4) is 5.88 Å². The zero-order chi connectivity index (χ0) is 16.2. The fraction of sp³-hybridized carbons (Fsp3) is 0.667. The largest absolute Gasteiger partial charge is 0.465 e. The number of hydrogen-bond acceptors (Lipinski definition) is 6. The summed E-state index contributed by atoms with van der Waals surface area (Å²) in [6.45, 7) is 4.74. The van der Waals surface area contributed by atoms with Gasteiger partial charge < -0.3 is 19.5 Å². The van der Waals surface area contributed by atoms with Crippen LogP contribution in [-0.4, -0.2) is 72.1 Å². The predicted octanol–water partition coefficient (Wildman–Crippen LogP) is -0.215. The van der Waals surface area contributed by atoms with Crippen LogP contribution in [0.15, 0.2) is 10.6 Å². The van der Waals surface area contributed by atoms with Crippen molar-refractivity contribution in [2.45, 2.75) is 25.8 Å². The summed E-state index contributed by atoms with van der Waals surface area (Å²) < 4.78 is 10.2. The molecule has 0 aromatic carbocycles. The maximum atomic E-state index is 12.1. The van der Waals surface area contributed by atoms with Gasteiger partial charge in [-0.05, 0) is 24.9 Å². The summed E-state index contributed by atoms with van der Waals surface area (Å²) >= 11 is 0. The van der Waals surface area contributed by atoms with Crippen molar-refractivity contribution in [2.75, 3.05) is 39.3 Å². The van der Waals surface area contributed by atoms with E-state index in [1.807, 2.05) is 0 Å². The smallest absolute Gasteiger partial charge is 0.260 e. The van der Waals surface area contributed by atoms with Gasteiger partial charge in [0.2, 0.25) is 5.91 Å². The Morgan fingerprint density at radius 1 is 1.35 bits per heavy atom. The average molecular weight is 322 g/mol. The fourth-order valence-electron chi connectivity index (χ4n) is 2.50. The molecule has 0 spiro atoms. The third-order valence-corrected chi connectivity index (χ3v) is 3.98. The molecule has 2 fully saturated rings. The Labute approximate surface area is 134 Å². The summed E-state index contributed by atoms with van der Waals surface area (Å²) in [5, 5.41) is 6.66. The Kier molecular flexibility index (Phi) is 4.80. The molecule has 0 unspecified atom stereocenters. The molecular formula is C15H22N4O4. The number of nitrogens with one attached hydrogen (secondary N) is 1. The highest BCUT2D eigenvalue weighted by Gasteiger charge is 2.26. The topological polar surface area (TPSA) is 87.9 Å². The van der Waals surface area contributed by atoms with E-state index in [2.05, 4.69) is 15.4 Å². The lowest BCUT2D eigenvalue weighted by Gasteiger charge is -2.34. The second-order valence-electron chi connectivity index (χ2n) is 6.06. The van der Waals surface area contributed by atoms with Gasteiger partial charge in [0, 0.05) is 38.3 Å². The van der Waals surface area contributed by atoms with Crippen LogP contribution in [0.25, 0.3) is 0 Å². The van der Waals surface area contributed by atoms with E-state index >= 15 is 0 Å². The van der Waals surface area contributed by atoms with Crippen LogP contribution in [0, 0.1) is 6.92 Å². The van der Waals surface area contributed by atoms with Crippen molar-refractivity contribution < 1.29 is 18.8 Å². The zero-order valence-electron chi connectivity index (χ0n) is 13.3. The van der Waals surface area contributed by atoms with Crippen molar-refractivity contribution in [3.05, 3.63) is 11.8 Å². The van der Waals surface area contributed by atoms with Crippen LogP contribution < -0.4 is 10.1 Å². The van der Waals surface area contributed by atoms with Gasteiger partial charge in [-0.3, -0.25) is 14.5 Å². The molecule has 126 valence electrons. The van der Waals surface area contributed by atoms with Gasteiger partial charge in [-0.25, -0.2) is 0 Å². The number of hydrogen-bond donors (Lipinski definition) is 1. The third-order valence-electron chi connectivity index (χ3n) is 3.98. The molecule has 0 radical (unpaired) electrons. The van der Waals surface area contributed by atoms with Gasteiger partial charge in [0.15, 0.2) is 6.61 Å². The molecule has 1 aromatic heterocycles. The molecule has 1 aromatic rings. The first kappa shape index (κ1) is 15.8. The second kappa shape index (κ2) is 6.99. The first-order valence-corrected chi connectivity index (χ1v) is 7.96. The van der Waals surface area contributed by atoms with Gasteiger partial charge in [-0.15, -0.1) is 0 Å². The summed E-state index contributed by atoms with van der Waals surface area (Å²) in [4.78, 5) is 27.7. The molecule has 1 saturated carbocycles. The van der Waals surface area contributed by atoms with E-state index < -0.39 is 0 Å². The number of aromatic nitrogens is 1. The highest BCUT2D eigenvalue weighted by Crippen LogP contribution is 2.18. The highest BCUT2D eigenvalue weighted by atomic mass is 16.5. The Morgan fingerprint density at radius 2 is 2.09 bits per heavy atom. The SMILES string of the molecule is Cc1cc(OCC(=O)N2CCN(CC(=O)NC3CC3)CC2)no1. The van der Waals surface area contributed by atoms with Crippen LogP contribution in [0.4, 0.5) is 0 Å². The molecule has 2 heterocycles. The van der Waals surface area contributed by atoms with E-state index in [4.69, 9.17) is 9.26 Å². The van der Waals surface area contributed by atoms with Crippen LogP contribution in [-0.2, 0) is 9.59 Å². The summed E-state index contributed by atoms with van der Waals surface area (Å²) in [5.41, 5.74) is 0. The van der Waals surface area contributed by atoms with E-state index in [1.54, 1.807) is 17.9 Å². The number of ether oxygens (including phenoxy) is 1. The van der Waals surface area contributed by atoms with Gasteiger partial charge in [-0.2, -0.15) is 0 Å². The number of rotatable bonds is 6. The van der Waals surface area contributed by atoms with Gasteiger partial charge >= 0.3 is 0 Å². The molecule has 23 heavy (non-hydrogen) atoms. The second-order valence-corrected chi connectivity index (χ2v) is 6.06. The van der Waals surface area contributed by atoms with Crippen LogP contribution in [0.2, 0.25) is 0 Å². The molecule has 8 nitrogen and oxygen atoms in total. The summed E-state index contributed by atoms with van der Waals surface area (Å²) in [5.74, 6) is 0.974. The van der Waals surface area contributed by atoms with Crippen molar-refractivity contribution in [1.29, 1.82) is 0 Å². The van der Waals surface area contributed by atoms with Crippen molar-refractivity contribution in [2.24, 2.45) is 0 Å². The lowest BCUT2D eigenvalue weighted by molar-refractivity contribution is -0.135. The standard InChI is InChI=1S/C15H22N4O4/c1-11-8-14(17-23-11)22-10-15(21)19-6-4-18(5-7-19)9-13(20)16-12-2-3-12/h8,12H,2-7,9-10H2,1H3,(H,16,20). The van der Waals surface area contributed by atoms with E-state index in [1.165, 1.54) is 0 Å². The average Bonchev–Trinajstić information content (AvgIpc) is 3.24. The molecule has 2 aliphatic rings. The minimum Gasteiger partial charge on any atom is -0.465 e. The number of amides is 2. The fourth-order valence-corrected chi connectivity index (χ4v) is 2.50.